The van der Waals surface area contributed by atoms with Crippen molar-refractivity contribution in [3.8, 4) is 0 Å². The summed E-state index contributed by atoms with van der Waals surface area (Å²) in [6.07, 6.45) is 1.53. The molecule has 1 aliphatic carbocycles. The van der Waals surface area contributed by atoms with E-state index in [2.05, 4.69) is 5.32 Å². The van der Waals surface area contributed by atoms with Gasteiger partial charge in [0.05, 0.1) is 6.54 Å². The molecule has 0 aromatic heterocycles. The van der Waals surface area contributed by atoms with Gasteiger partial charge in [-0.15, -0.1) is 0 Å². The van der Waals surface area contributed by atoms with E-state index in [0.29, 0.717) is 6.42 Å². The van der Waals surface area contributed by atoms with Crippen molar-refractivity contribution >= 4 is 5.97 Å². The molecule has 0 heterocycles. The molecule has 19 heavy (non-hydrogen) atoms. The summed E-state index contributed by atoms with van der Waals surface area (Å²) >= 11 is 0. The molecule has 0 saturated heterocycles. The fourth-order valence-corrected chi connectivity index (χ4v) is 2.41. The topological polar surface area (TPSA) is 38.3 Å². The molecule has 0 bridgehead atoms. The minimum Gasteiger partial charge on any atom is -0.459 e. The first kappa shape index (κ1) is 14.0. The molecular formula is C15H20FNO2. The van der Waals surface area contributed by atoms with Gasteiger partial charge in [0, 0.05) is 6.04 Å². The molecule has 1 aromatic carbocycles. The van der Waals surface area contributed by atoms with Crippen LogP contribution in [0.2, 0.25) is 0 Å². The molecule has 0 amide bonds. The fraction of sp³-hybridized carbons (Fsp3) is 0.533. The number of carbonyl (C=O) groups excluding carboxylic acids is 1. The monoisotopic (exact) mass is 265 g/mol. The second-order valence-corrected chi connectivity index (χ2v) is 5.87. The van der Waals surface area contributed by atoms with Crippen molar-refractivity contribution in [2.75, 3.05) is 6.54 Å². The minimum atomic E-state index is -0.474. The third-order valence-corrected chi connectivity index (χ3v) is 3.13. The van der Waals surface area contributed by atoms with Crippen LogP contribution in [0.25, 0.3) is 0 Å². The number of carbonyl (C=O) groups is 1. The lowest BCUT2D eigenvalue weighted by Crippen LogP contribution is -2.32. The zero-order valence-corrected chi connectivity index (χ0v) is 11.6. The predicted octanol–water partition coefficient (Wildman–Crippen LogP) is 2.74. The molecule has 0 fully saturated rings. The standard InChI is InChI=1S/C15H20FNO2/c1-15(2,3)19-14(18)9-17-13-8-7-10-11(13)5-4-6-12(10)16/h4-6,13,17H,7-9H2,1-3H3. The van der Waals surface area contributed by atoms with E-state index in [0.717, 1.165) is 17.5 Å². The average Bonchev–Trinajstić information content (AvgIpc) is 2.69. The summed E-state index contributed by atoms with van der Waals surface area (Å²) in [6.45, 7) is 5.67. The lowest BCUT2D eigenvalue weighted by Gasteiger charge is -2.21. The van der Waals surface area contributed by atoms with Gasteiger partial charge in [-0.2, -0.15) is 0 Å². The first-order valence-corrected chi connectivity index (χ1v) is 6.59. The van der Waals surface area contributed by atoms with Crippen molar-refractivity contribution in [3.63, 3.8) is 0 Å². The largest absolute Gasteiger partial charge is 0.459 e. The van der Waals surface area contributed by atoms with Gasteiger partial charge in [-0.05, 0) is 50.8 Å². The number of fused-ring (bicyclic) bond motifs is 1. The van der Waals surface area contributed by atoms with Crippen LogP contribution in [-0.2, 0) is 16.0 Å². The van der Waals surface area contributed by atoms with Gasteiger partial charge in [-0.3, -0.25) is 4.79 Å². The molecule has 1 aromatic rings. The van der Waals surface area contributed by atoms with E-state index in [9.17, 15) is 9.18 Å². The lowest BCUT2D eigenvalue weighted by atomic mass is 10.1. The van der Waals surface area contributed by atoms with E-state index in [-0.39, 0.29) is 24.4 Å². The number of halogens is 1. The number of esters is 1. The summed E-state index contributed by atoms with van der Waals surface area (Å²) < 4.78 is 18.8. The highest BCUT2D eigenvalue weighted by molar-refractivity contribution is 5.72. The first-order chi connectivity index (χ1) is 8.87. The number of rotatable bonds is 3. The summed E-state index contributed by atoms with van der Waals surface area (Å²) in [5.74, 6) is -0.434. The summed E-state index contributed by atoms with van der Waals surface area (Å²) in [7, 11) is 0. The summed E-state index contributed by atoms with van der Waals surface area (Å²) in [6, 6.07) is 5.15. The van der Waals surface area contributed by atoms with Gasteiger partial charge in [-0.1, -0.05) is 12.1 Å². The molecule has 3 nitrogen and oxygen atoms in total. The first-order valence-electron chi connectivity index (χ1n) is 6.59. The Morgan fingerprint density at radius 1 is 1.47 bits per heavy atom. The van der Waals surface area contributed by atoms with E-state index in [1.54, 1.807) is 6.07 Å². The highest BCUT2D eigenvalue weighted by atomic mass is 19.1. The molecule has 1 unspecified atom stereocenters. The Labute approximate surface area is 113 Å². The second kappa shape index (κ2) is 5.29. The molecule has 4 heteroatoms. The highest BCUT2D eigenvalue weighted by Crippen LogP contribution is 2.32. The van der Waals surface area contributed by atoms with Crippen LogP contribution in [0.5, 0.6) is 0 Å². The van der Waals surface area contributed by atoms with Crippen molar-refractivity contribution in [1.82, 2.24) is 5.32 Å². The average molecular weight is 265 g/mol. The molecule has 0 saturated carbocycles. The number of benzene rings is 1. The zero-order valence-electron chi connectivity index (χ0n) is 11.6. The van der Waals surface area contributed by atoms with Gasteiger partial charge < -0.3 is 10.1 Å². The SMILES string of the molecule is CC(C)(C)OC(=O)CNC1CCc2c(F)cccc21. The molecule has 0 radical (unpaired) electrons. The Morgan fingerprint density at radius 3 is 2.89 bits per heavy atom. The van der Waals surface area contributed by atoms with Gasteiger partial charge in [0.25, 0.3) is 0 Å². The van der Waals surface area contributed by atoms with E-state index >= 15 is 0 Å². The van der Waals surface area contributed by atoms with Crippen molar-refractivity contribution < 1.29 is 13.9 Å². The van der Waals surface area contributed by atoms with Crippen LogP contribution in [0.4, 0.5) is 4.39 Å². The Bertz CT molecular complexity index is 480. The van der Waals surface area contributed by atoms with Crippen LogP contribution in [0.15, 0.2) is 18.2 Å². The van der Waals surface area contributed by atoms with Crippen LogP contribution in [0.1, 0.15) is 44.4 Å². The minimum absolute atomic E-state index is 0.0400. The van der Waals surface area contributed by atoms with E-state index < -0.39 is 5.60 Å². The van der Waals surface area contributed by atoms with Crippen molar-refractivity contribution in [2.24, 2.45) is 0 Å². The molecule has 1 atom stereocenters. The van der Waals surface area contributed by atoms with Crippen molar-refractivity contribution in [2.45, 2.75) is 45.3 Å². The van der Waals surface area contributed by atoms with E-state index in [1.807, 2.05) is 26.8 Å². The van der Waals surface area contributed by atoms with Crippen molar-refractivity contribution in [1.29, 1.82) is 0 Å². The van der Waals surface area contributed by atoms with E-state index in [1.165, 1.54) is 6.07 Å². The quantitative estimate of drug-likeness (QED) is 0.854. The molecule has 0 aliphatic heterocycles. The highest BCUT2D eigenvalue weighted by Gasteiger charge is 2.25. The number of ether oxygens (including phenoxy) is 1. The van der Waals surface area contributed by atoms with Crippen LogP contribution < -0.4 is 5.32 Å². The van der Waals surface area contributed by atoms with Gasteiger partial charge in [0.15, 0.2) is 0 Å². The maximum atomic E-state index is 13.6. The van der Waals surface area contributed by atoms with Gasteiger partial charge in [-0.25, -0.2) is 4.39 Å². The molecular weight excluding hydrogens is 245 g/mol. The van der Waals surface area contributed by atoms with Crippen LogP contribution >= 0.6 is 0 Å². The van der Waals surface area contributed by atoms with Crippen LogP contribution in [-0.4, -0.2) is 18.1 Å². The second-order valence-electron chi connectivity index (χ2n) is 5.87. The van der Waals surface area contributed by atoms with Gasteiger partial charge in [0.1, 0.15) is 11.4 Å². The maximum Gasteiger partial charge on any atom is 0.320 e. The smallest absolute Gasteiger partial charge is 0.320 e. The summed E-state index contributed by atoms with van der Waals surface area (Å²) in [5.41, 5.74) is 1.26. The zero-order chi connectivity index (χ0) is 14.0. The Kier molecular flexibility index (Phi) is 3.90. The molecule has 2 rings (SSSR count). The molecule has 1 N–H and O–H groups in total. The molecule has 0 spiro atoms. The van der Waals surface area contributed by atoms with E-state index in [4.69, 9.17) is 4.74 Å². The summed E-state index contributed by atoms with van der Waals surface area (Å²) in [5, 5.41) is 3.15. The third kappa shape index (κ3) is 3.53. The van der Waals surface area contributed by atoms with Gasteiger partial charge in [0.2, 0.25) is 0 Å². The lowest BCUT2D eigenvalue weighted by molar-refractivity contribution is -0.153. The fourth-order valence-electron chi connectivity index (χ4n) is 2.41. The maximum absolute atomic E-state index is 13.6. The summed E-state index contributed by atoms with van der Waals surface area (Å²) in [4.78, 5) is 11.6. The van der Waals surface area contributed by atoms with Crippen molar-refractivity contribution in [3.05, 3.63) is 35.1 Å². The Balaban J connectivity index is 1.93. The Hall–Kier alpha value is -1.42. The Morgan fingerprint density at radius 2 is 2.21 bits per heavy atom. The van der Waals surface area contributed by atoms with Crippen LogP contribution in [0, 0.1) is 5.82 Å². The van der Waals surface area contributed by atoms with Gasteiger partial charge >= 0.3 is 5.97 Å². The predicted molar refractivity (Wildman–Crippen MR) is 71.3 cm³/mol. The molecule has 1 aliphatic rings. The molecule has 104 valence electrons. The normalized spacial score (nSPS) is 18.2. The number of nitrogens with one attached hydrogen (secondary N) is 1. The number of hydrogen-bond donors (Lipinski definition) is 1. The third-order valence-electron chi connectivity index (χ3n) is 3.13. The van der Waals surface area contributed by atoms with Crippen LogP contribution in [0.3, 0.4) is 0 Å². The number of hydrogen-bond acceptors (Lipinski definition) is 3.